The Balaban J connectivity index is 2.20. The van der Waals surface area contributed by atoms with Crippen molar-refractivity contribution in [1.29, 1.82) is 0 Å². The Morgan fingerprint density at radius 2 is 2.00 bits per heavy atom. The van der Waals surface area contributed by atoms with Crippen LogP contribution in [0.5, 0.6) is 11.6 Å². The van der Waals surface area contributed by atoms with E-state index in [2.05, 4.69) is 10.3 Å². The highest BCUT2D eigenvalue weighted by molar-refractivity contribution is 7.98. The van der Waals surface area contributed by atoms with Crippen LogP contribution in [0.25, 0.3) is 0 Å². The number of benzene rings is 1. The summed E-state index contributed by atoms with van der Waals surface area (Å²) in [6.07, 6.45) is 2.03. The van der Waals surface area contributed by atoms with Crippen LogP contribution >= 0.6 is 11.8 Å². The molecule has 0 aliphatic heterocycles. The molecule has 0 aliphatic rings. The summed E-state index contributed by atoms with van der Waals surface area (Å²) in [4.78, 5) is 5.50. The molecule has 94 valence electrons. The van der Waals surface area contributed by atoms with Crippen molar-refractivity contribution >= 4 is 17.6 Å². The normalized spacial score (nSPS) is 10.1. The average molecular weight is 260 g/mol. The van der Waals surface area contributed by atoms with Gasteiger partial charge in [0.15, 0.2) is 0 Å². The second-order valence-electron chi connectivity index (χ2n) is 3.64. The summed E-state index contributed by atoms with van der Waals surface area (Å²) in [7, 11) is 0. The third kappa shape index (κ3) is 3.17. The maximum absolute atomic E-state index is 5.82. The van der Waals surface area contributed by atoms with Crippen molar-refractivity contribution in [3.8, 4) is 11.6 Å². The first kappa shape index (κ1) is 12.8. The number of nitrogens with zero attached hydrogens (tertiary/aromatic N) is 1. The van der Waals surface area contributed by atoms with Crippen molar-refractivity contribution in [2.75, 3.05) is 18.1 Å². The first-order chi connectivity index (χ1) is 8.83. The molecule has 0 atom stereocenters. The van der Waals surface area contributed by atoms with Crippen LogP contribution in [-0.4, -0.2) is 17.8 Å². The third-order valence-corrected chi connectivity index (χ3v) is 3.14. The largest absolute Gasteiger partial charge is 0.438 e. The number of aromatic nitrogens is 1. The zero-order valence-corrected chi connectivity index (χ0v) is 11.3. The Hall–Kier alpha value is -1.68. The Labute approximate surface area is 112 Å². The number of ether oxygens (including phenoxy) is 1. The van der Waals surface area contributed by atoms with E-state index in [0.717, 1.165) is 23.0 Å². The first-order valence-electron chi connectivity index (χ1n) is 5.85. The first-order valence-corrected chi connectivity index (χ1v) is 7.07. The van der Waals surface area contributed by atoms with Gasteiger partial charge in [-0.3, -0.25) is 0 Å². The minimum Gasteiger partial charge on any atom is -0.438 e. The van der Waals surface area contributed by atoms with Gasteiger partial charge in [-0.15, -0.1) is 11.8 Å². The zero-order chi connectivity index (χ0) is 12.8. The van der Waals surface area contributed by atoms with Gasteiger partial charge >= 0.3 is 0 Å². The SMILES string of the molecule is CCNc1cccc(Oc2ccccc2SC)n1. The molecule has 0 saturated carbocycles. The molecule has 1 aromatic carbocycles. The molecular formula is C14H16N2OS. The summed E-state index contributed by atoms with van der Waals surface area (Å²) in [6.45, 7) is 2.89. The topological polar surface area (TPSA) is 34.1 Å². The molecule has 1 N–H and O–H groups in total. The molecule has 0 amide bonds. The Morgan fingerprint density at radius 3 is 2.78 bits per heavy atom. The monoisotopic (exact) mass is 260 g/mol. The van der Waals surface area contributed by atoms with E-state index in [1.165, 1.54) is 0 Å². The van der Waals surface area contributed by atoms with Crippen molar-refractivity contribution in [1.82, 2.24) is 4.98 Å². The summed E-state index contributed by atoms with van der Waals surface area (Å²) >= 11 is 1.66. The molecule has 0 bridgehead atoms. The zero-order valence-electron chi connectivity index (χ0n) is 10.5. The van der Waals surface area contributed by atoms with Gasteiger partial charge in [0, 0.05) is 17.5 Å². The van der Waals surface area contributed by atoms with Crippen molar-refractivity contribution in [3.05, 3.63) is 42.5 Å². The third-order valence-electron chi connectivity index (χ3n) is 2.37. The lowest BCUT2D eigenvalue weighted by Crippen LogP contribution is -1.99. The maximum atomic E-state index is 5.82. The van der Waals surface area contributed by atoms with E-state index in [0.29, 0.717) is 5.88 Å². The van der Waals surface area contributed by atoms with E-state index in [-0.39, 0.29) is 0 Å². The second-order valence-corrected chi connectivity index (χ2v) is 4.49. The van der Waals surface area contributed by atoms with Crippen LogP contribution < -0.4 is 10.1 Å². The van der Waals surface area contributed by atoms with Gasteiger partial charge in [0.05, 0.1) is 0 Å². The van der Waals surface area contributed by atoms with Gasteiger partial charge in [-0.1, -0.05) is 18.2 Å². The van der Waals surface area contributed by atoms with Crippen molar-refractivity contribution in [2.24, 2.45) is 0 Å². The van der Waals surface area contributed by atoms with E-state index >= 15 is 0 Å². The van der Waals surface area contributed by atoms with Crippen LogP contribution in [0.4, 0.5) is 5.82 Å². The molecule has 2 rings (SSSR count). The van der Waals surface area contributed by atoms with Crippen LogP contribution in [0.2, 0.25) is 0 Å². The standard InChI is InChI=1S/C14H16N2OS/c1-3-15-13-9-6-10-14(16-13)17-11-7-4-5-8-12(11)18-2/h4-10H,3H2,1-2H3,(H,15,16). The number of anilines is 1. The summed E-state index contributed by atoms with van der Waals surface area (Å²) in [5, 5.41) is 3.17. The smallest absolute Gasteiger partial charge is 0.221 e. The Morgan fingerprint density at radius 1 is 1.17 bits per heavy atom. The molecule has 1 heterocycles. The minimum absolute atomic E-state index is 0.606. The fraction of sp³-hybridized carbons (Fsp3) is 0.214. The molecule has 0 radical (unpaired) electrons. The fourth-order valence-corrected chi connectivity index (χ4v) is 2.09. The number of rotatable bonds is 5. The molecule has 3 nitrogen and oxygen atoms in total. The van der Waals surface area contributed by atoms with E-state index in [9.17, 15) is 0 Å². The van der Waals surface area contributed by atoms with Gasteiger partial charge in [0.1, 0.15) is 11.6 Å². The van der Waals surface area contributed by atoms with Gasteiger partial charge < -0.3 is 10.1 Å². The minimum atomic E-state index is 0.606. The quantitative estimate of drug-likeness (QED) is 0.823. The number of pyridine rings is 1. The maximum Gasteiger partial charge on any atom is 0.221 e. The molecule has 0 saturated heterocycles. The summed E-state index contributed by atoms with van der Waals surface area (Å²) in [5.74, 6) is 2.28. The highest BCUT2D eigenvalue weighted by Crippen LogP contribution is 2.30. The van der Waals surface area contributed by atoms with Gasteiger partial charge in [-0.2, -0.15) is 4.98 Å². The van der Waals surface area contributed by atoms with Crippen LogP contribution in [0.15, 0.2) is 47.4 Å². The molecule has 0 unspecified atom stereocenters. The van der Waals surface area contributed by atoms with Gasteiger partial charge in [-0.05, 0) is 31.4 Å². The molecule has 0 fully saturated rings. The van der Waals surface area contributed by atoms with Crippen molar-refractivity contribution < 1.29 is 4.74 Å². The molecule has 4 heteroatoms. The lowest BCUT2D eigenvalue weighted by atomic mass is 10.3. The van der Waals surface area contributed by atoms with Crippen molar-refractivity contribution in [3.63, 3.8) is 0 Å². The van der Waals surface area contributed by atoms with Crippen LogP contribution in [-0.2, 0) is 0 Å². The summed E-state index contributed by atoms with van der Waals surface area (Å²) < 4.78 is 5.82. The van der Waals surface area contributed by atoms with E-state index in [4.69, 9.17) is 4.74 Å². The summed E-state index contributed by atoms with van der Waals surface area (Å²) in [5.41, 5.74) is 0. The van der Waals surface area contributed by atoms with Gasteiger partial charge in [0.2, 0.25) is 5.88 Å². The van der Waals surface area contributed by atoms with Crippen LogP contribution in [0.1, 0.15) is 6.92 Å². The summed E-state index contributed by atoms with van der Waals surface area (Å²) in [6, 6.07) is 13.7. The van der Waals surface area contributed by atoms with E-state index in [1.54, 1.807) is 11.8 Å². The Kier molecular flexibility index (Phi) is 4.47. The lowest BCUT2D eigenvalue weighted by Gasteiger charge is -2.09. The number of hydrogen-bond acceptors (Lipinski definition) is 4. The molecule has 0 aliphatic carbocycles. The van der Waals surface area contributed by atoms with E-state index < -0.39 is 0 Å². The number of thioether (sulfide) groups is 1. The van der Waals surface area contributed by atoms with Gasteiger partial charge in [0.25, 0.3) is 0 Å². The number of hydrogen-bond donors (Lipinski definition) is 1. The highest BCUT2D eigenvalue weighted by atomic mass is 32.2. The predicted octanol–water partition coefficient (Wildman–Crippen LogP) is 4.03. The van der Waals surface area contributed by atoms with Crippen LogP contribution in [0, 0.1) is 0 Å². The fourth-order valence-electron chi connectivity index (χ4n) is 1.57. The van der Waals surface area contributed by atoms with E-state index in [1.807, 2.05) is 55.6 Å². The molecule has 18 heavy (non-hydrogen) atoms. The Bertz CT molecular complexity index is 517. The second kappa shape index (κ2) is 6.31. The highest BCUT2D eigenvalue weighted by Gasteiger charge is 2.04. The average Bonchev–Trinajstić information content (AvgIpc) is 2.40. The number of para-hydroxylation sites is 1. The molecular weight excluding hydrogens is 244 g/mol. The number of nitrogens with one attached hydrogen (secondary N) is 1. The predicted molar refractivity (Wildman–Crippen MR) is 76.7 cm³/mol. The molecule has 2 aromatic rings. The van der Waals surface area contributed by atoms with Gasteiger partial charge in [-0.25, -0.2) is 0 Å². The van der Waals surface area contributed by atoms with Crippen molar-refractivity contribution in [2.45, 2.75) is 11.8 Å². The van der Waals surface area contributed by atoms with Crippen LogP contribution in [0.3, 0.4) is 0 Å². The molecule has 0 spiro atoms. The molecule has 1 aromatic heterocycles. The lowest BCUT2D eigenvalue weighted by molar-refractivity contribution is 0.453.